The van der Waals surface area contributed by atoms with Crippen LogP contribution in [-0.4, -0.2) is 29.7 Å². The monoisotopic (exact) mass is 300 g/mol. The van der Waals surface area contributed by atoms with Gasteiger partial charge in [0.2, 0.25) is 0 Å². The van der Waals surface area contributed by atoms with Crippen molar-refractivity contribution >= 4 is 12.0 Å². The fourth-order valence-electron chi connectivity index (χ4n) is 2.44. The number of carboxylic acid groups (broad SMARTS) is 1. The van der Waals surface area contributed by atoms with Crippen LogP contribution in [0.5, 0.6) is 0 Å². The van der Waals surface area contributed by atoms with Crippen molar-refractivity contribution in [3.05, 3.63) is 0 Å². The normalized spacial score (nSPS) is 13.8. The van der Waals surface area contributed by atoms with Gasteiger partial charge in [0.05, 0.1) is 0 Å². The molecule has 0 aliphatic carbocycles. The van der Waals surface area contributed by atoms with Gasteiger partial charge in [0.1, 0.15) is 0 Å². The number of urea groups is 1. The summed E-state index contributed by atoms with van der Waals surface area (Å²) in [6, 6.07) is -0.0438. The van der Waals surface area contributed by atoms with Crippen molar-refractivity contribution in [1.29, 1.82) is 0 Å². The summed E-state index contributed by atoms with van der Waals surface area (Å²) >= 11 is 0. The molecule has 0 aromatic carbocycles. The number of carbonyl (C=O) groups is 2. The molecule has 0 aliphatic heterocycles. The number of carboxylic acids is 1. The number of hydrogen-bond donors (Lipinski definition) is 3. The molecule has 2 atom stereocenters. The smallest absolute Gasteiger partial charge is 0.315 e. The minimum absolute atomic E-state index is 0.0105. The largest absolute Gasteiger partial charge is 0.481 e. The predicted molar refractivity (Wildman–Crippen MR) is 85.3 cm³/mol. The molecule has 124 valence electrons. The average Bonchev–Trinajstić information content (AvgIpc) is 2.35. The van der Waals surface area contributed by atoms with E-state index in [0.29, 0.717) is 12.5 Å². The van der Waals surface area contributed by atoms with Crippen LogP contribution in [0.15, 0.2) is 0 Å². The van der Waals surface area contributed by atoms with E-state index in [9.17, 15) is 9.59 Å². The van der Waals surface area contributed by atoms with E-state index in [2.05, 4.69) is 31.4 Å². The second kappa shape index (κ2) is 11.4. The number of amides is 2. The van der Waals surface area contributed by atoms with Gasteiger partial charge in [-0.15, -0.1) is 0 Å². The number of carbonyl (C=O) groups excluding carboxylic acids is 1. The highest BCUT2D eigenvalue weighted by Gasteiger charge is 2.16. The molecule has 0 aromatic rings. The Morgan fingerprint density at radius 1 is 1.14 bits per heavy atom. The Bertz CT molecular complexity index is 306. The zero-order valence-corrected chi connectivity index (χ0v) is 13.9. The van der Waals surface area contributed by atoms with Crippen molar-refractivity contribution in [3.8, 4) is 0 Å². The van der Waals surface area contributed by atoms with Crippen LogP contribution in [0.4, 0.5) is 4.79 Å². The van der Waals surface area contributed by atoms with Crippen LogP contribution >= 0.6 is 0 Å². The third kappa shape index (κ3) is 12.2. The molecule has 1 unspecified atom stereocenters. The van der Waals surface area contributed by atoms with E-state index in [1.807, 2.05) is 6.92 Å². The Kier molecular flexibility index (Phi) is 10.7. The molecular formula is C16H32N2O3. The molecule has 0 aliphatic rings. The summed E-state index contributed by atoms with van der Waals surface area (Å²) in [5.74, 6) is -0.397. The van der Waals surface area contributed by atoms with Crippen LogP contribution in [0, 0.1) is 11.8 Å². The van der Waals surface area contributed by atoms with Gasteiger partial charge in [0, 0.05) is 19.0 Å². The quantitative estimate of drug-likeness (QED) is 0.512. The van der Waals surface area contributed by atoms with Gasteiger partial charge in [-0.3, -0.25) is 4.79 Å². The van der Waals surface area contributed by atoms with Crippen LogP contribution in [0.25, 0.3) is 0 Å². The van der Waals surface area contributed by atoms with E-state index in [1.165, 1.54) is 12.8 Å². The number of nitrogens with one attached hydrogen (secondary N) is 2. The lowest BCUT2D eigenvalue weighted by atomic mass is 9.94. The van der Waals surface area contributed by atoms with Crippen molar-refractivity contribution in [2.45, 2.75) is 72.3 Å². The van der Waals surface area contributed by atoms with E-state index < -0.39 is 5.97 Å². The topological polar surface area (TPSA) is 78.4 Å². The Labute approximate surface area is 128 Å². The molecule has 3 N–H and O–H groups in total. The Balaban J connectivity index is 4.02. The molecule has 0 rings (SSSR count). The van der Waals surface area contributed by atoms with Crippen LogP contribution in [0.2, 0.25) is 0 Å². The molecule has 0 bridgehead atoms. The van der Waals surface area contributed by atoms with Crippen LogP contribution in [-0.2, 0) is 4.79 Å². The van der Waals surface area contributed by atoms with Crippen molar-refractivity contribution < 1.29 is 14.7 Å². The molecule has 0 fully saturated rings. The van der Waals surface area contributed by atoms with Gasteiger partial charge in [-0.05, 0) is 31.6 Å². The van der Waals surface area contributed by atoms with Gasteiger partial charge in [-0.2, -0.15) is 0 Å². The van der Waals surface area contributed by atoms with E-state index in [0.717, 1.165) is 19.3 Å². The Morgan fingerprint density at radius 2 is 1.81 bits per heavy atom. The molecule has 0 saturated heterocycles. The summed E-state index contributed by atoms with van der Waals surface area (Å²) in [4.78, 5) is 22.6. The molecule has 0 aromatic heterocycles. The second-order valence-electron chi connectivity index (χ2n) is 6.34. The van der Waals surface area contributed by atoms with Gasteiger partial charge in [0.15, 0.2) is 0 Å². The maximum atomic E-state index is 11.8. The van der Waals surface area contributed by atoms with E-state index in [4.69, 9.17) is 5.11 Å². The van der Waals surface area contributed by atoms with E-state index >= 15 is 0 Å². The Hall–Kier alpha value is -1.26. The minimum Gasteiger partial charge on any atom is -0.481 e. The SMILES string of the molecule is CCCCCC(C)NC(=O)NC[C@H](CC(=O)O)CC(C)C. The highest BCUT2D eigenvalue weighted by Crippen LogP contribution is 2.14. The summed E-state index contributed by atoms with van der Waals surface area (Å²) < 4.78 is 0. The molecule has 0 spiro atoms. The van der Waals surface area contributed by atoms with E-state index in [-0.39, 0.29) is 24.4 Å². The zero-order valence-electron chi connectivity index (χ0n) is 13.9. The molecular weight excluding hydrogens is 268 g/mol. The number of unbranched alkanes of at least 4 members (excludes halogenated alkanes) is 2. The minimum atomic E-state index is -0.809. The third-order valence-electron chi connectivity index (χ3n) is 3.44. The summed E-state index contributed by atoms with van der Waals surface area (Å²) in [6.07, 6.45) is 5.36. The highest BCUT2D eigenvalue weighted by atomic mass is 16.4. The molecule has 0 heterocycles. The van der Waals surface area contributed by atoms with Gasteiger partial charge in [-0.1, -0.05) is 40.0 Å². The Morgan fingerprint density at radius 3 is 2.33 bits per heavy atom. The maximum absolute atomic E-state index is 11.8. The van der Waals surface area contributed by atoms with Gasteiger partial charge < -0.3 is 15.7 Å². The average molecular weight is 300 g/mol. The lowest BCUT2D eigenvalue weighted by Gasteiger charge is -2.19. The molecule has 2 amide bonds. The first-order valence-corrected chi connectivity index (χ1v) is 8.11. The number of hydrogen-bond acceptors (Lipinski definition) is 2. The molecule has 21 heavy (non-hydrogen) atoms. The molecule has 5 nitrogen and oxygen atoms in total. The molecule has 0 radical (unpaired) electrons. The highest BCUT2D eigenvalue weighted by molar-refractivity contribution is 5.74. The molecule has 0 saturated carbocycles. The van der Waals surface area contributed by atoms with Gasteiger partial charge in [0.25, 0.3) is 0 Å². The van der Waals surface area contributed by atoms with E-state index in [1.54, 1.807) is 0 Å². The number of rotatable bonds is 11. The summed E-state index contributed by atoms with van der Waals surface area (Å²) in [5.41, 5.74) is 0. The first-order valence-electron chi connectivity index (χ1n) is 8.11. The van der Waals surface area contributed by atoms with Crippen molar-refractivity contribution in [3.63, 3.8) is 0 Å². The first kappa shape index (κ1) is 19.7. The summed E-state index contributed by atoms with van der Waals surface area (Å²) in [6.45, 7) is 8.69. The predicted octanol–water partition coefficient (Wildman–Crippen LogP) is 3.39. The van der Waals surface area contributed by atoms with Crippen molar-refractivity contribution in [2.75, 3.05) is 6.54 Å². The summed E-state index contributed by atoms with van der Waals surface area (Å²) in [5, 5.41) is 14.6. The first-order chi connectivity index (χ1) is 9.85. The lowest BCUT2D eigenvalue weighted by Crippen LogP contribution is -2.42. The number of aliphatic carboxylic acids is 1. The van der Waals surface area contributed by atoms with Gasteiger partial charge >= 0.3 is 12.0 Å². The van der Waals surface area contributed by atoms with Crippen LogP contribution < -0.4 is 10.6 Å². The standard InChI is InChI=1S/C16H32N2O3/c1-5-6-7-8-13(4)18-16(21)17-11-14(9-12(2)3)10-15(19)20/h12-14H,5-11H2,1-4H3,(H,19,20)(H2,17,18,21)/t13?,14-/m0/s1. The second-order valence-corrected chi connectivity index (χ2v) is 6.34. The van der Waals surface area contributed by atoms with Crippen LogP contribution in [0.3, 0.4) is 0 Å². The van der Waals surface area contributed by atoms with Crippen LogP contribution in [0.1, 0.15) is 66.2 Å². The third-order valence-corrected chi connectivity index (χ3v) is 3.44. The zero-order chi connectivity index (χ0) is 16.3. The van der Waals surface area contributed by atoms with Crippen molar-refractivity contribution in [2.24, 2.45) is 11.8 Å². The fourth-order valence-corrected chi connectivity index (χ4v) is 2.44. The fraction of sp³-hybridized carbons (Fsp3) is 0.875. The lowest BCUT2D eigenvalue weighted by molar-refractivity contribution is -0.138. The molecule has 5 heteroatoms. The summed E-state index contributed by atoms with van der Waals surface area (Å²) in [7, 11) is 0. The van der Waals surface area contributed by atoms with Crippen molar-refractivity contribution in [1.82, 2.24) is 10.6 Å². The van der Waals surface area contributed by atoms with Gasteiger partial charge in [-0.25, -0.2) is 4.79 Å². The maximum Gasteiger partial charge on any atom is 0.315 e.